The number of nitrogens with zero attached hydrogens (tertiary/aromatic N) is 3. The maximum Gasteiger partial charge on any atom is 0.255 e. The Morgan fingerprint density at radius 2 is 2.07 bits per heavy atom. The normalized spacial score (nSPS) is 13.4. The number of nitrogens with one attached hydrogen (secondary N) is 1. The molecule has 0 unspecified atom stereocenters. The summed E-state index contributed by atoms with van der Waals surface area (Å²) in [6.07, 6.45) is 0. The average Bonchev–Trinajstić information content (AvgIpc) is 3.07. The maximum absolute atomic E-state index is 13.4. The summed E-state index contributed by atoms with van der Waals surface area (Å²) in [4.78, 5) is 26.4. The lowest BCUT2D eigenvalue weighted by atomic mass is 10.1. The molecule has 1 aliphatic rings. The van der Waals surface area contributed by atoms with Crippen molar-refractivity contribution in [2.75, 3.05) is 13.7 Å². The monoisotopic (exact) mass is 374 g/mol. The molecule has 1 aromatic heterocycles. The number of hydrogen-bond acceptors (Lipinski definition) is 4. The minimum Gasteiger partial charge on any atom is -0.496 e. The first-order valence-corrected chi connectivity index (χ1v) is 8.85. The van der Waals surface area contributed by atoms with Crippen molar-refractivity contribution in [3.05, 3.63) is 47.0 Å². The van der Waals surface area contributed by atoms with Crippen LogP contribution < -0.4 is 10.1 Å². The summed E-state index contributed by atoms with van der Waals surface area (Å²) < 4.78 is 20.4. The van der Waals surface area contributed by atoms with Gasteiger partial charge in [0.1, 0.15) is 11.6 Å². The van der Waals surface area contributed by atoms with Crippen LogP contribution in [0.4, 0.5) is 4.39 Å². The zero-order valence-corrected chi connectivity index (χ0v) is 15.7. The molecule has 0 atom stereocenters. The van der Waals surface area contributed by atoms with Gasteiger partial charge in [-0.3, -0.25) is 14.3 Å². The number of amides is 2. The Balaban J connectivity index is 1.66. The Bertz CT molecular complexity index is 863. The molecule has 27 heavy (non-hydrogen) atoms. The highest BCUT2D eigenvalue weighted by atomic mass is 19.1. The first-order chi connectivity index (χ1) is 12.9. The highest BCUT2D eigenvalue weighted by molar-refractivity contribution is 5.96. The molecular formula is C19H23FN4O3. The van der Waals surface area contributed by atoms with Crippen LogP contribution in [0.25, 0.3) is 0 Å². The lowest BCUT2D eigenvalue weighted by Crippen LogP contribution is -2.40. The fourth-order valence-electron chi connectivity index (χ4n) is 3.09. The predicted molar refractivity (Wildman–Crippen MR) is 96.6 cm³/mol. The summed E-state index contributed by atoms with van der Waals surface area (Å²) in [6, 6.07) is 5.67. The largest absolute Gasteiger partial charge is 0.496 e. The number of carbonyl (C=O) groups is 2. The van der Waals surface area contributed by atoms with Gasteiger partial charge in [-0.2, -0.15) is 5.10 Å². The number of hydrogen-bond donors (Lipinski definition) is 1. The maximum atomic E-state index is 13.4. The van der Waals surface area contributed by atoms with E-state index in [1.807, 2.05) is 29.5 Å². The van der Waals surface area contributed by atoms with Gasteiger partial charge in [0.05, 0.1) is 43.7 Å². The van der Waals surface area contributed by atoms with Crippen molar-refractivity contribution in [1.82, 2.24) is 20.0 Å². The van der Waals surface area contributed by atoms with Gasteiger partial charge in [0.25, 0.3) is 5.91 Å². The highest BCUT2D eigenvalue weighted by Gasteiger charge is 2.24. The van der Waals surface area contributed by atoms with Crippen LogP contribution in [0, 0.1) is 11.7 Å². The molecule has 2 heterocycles. The standard InChI is InChI=1S/C19H23FN4O3/c1-12(2)19(26)23-6-7-24-15(11-23)9-14(22-24)10-21-18(25)16-8-13(20)4-5-17(16)27-3/h4-5,8-9,12H,6-7,10-11H2,1-3H3,(H,21,25). The second-order valence-electron chi connectivity index (χ2n) is 6.79. The second-order valence-corrected chi connectivity index (χ2v) is 6.79. The van der Waals surface area contributed by atoms with Gasteiger partial charge < -0.3 is 15.0 Å². The van der Waals surface area contributed by atoms with E-state index in [4.69, 9.17) is 4.74 Å². The van der Waals surface area contributed by atoms with Crippen LogP contribution in [0.2, 0.25) is 0 Å². The molecule has 144 valence electrons. The van der Waals surface area contributed by atoms with Crippen molar-refractivity contribution in [1.29, 1.82) is 0 Å². The molecule has 0 bridgehead atoms. The molecule has 0 fully saturated rings. The Morgan fingerprint density at radius 3 is 2.78 bits per heavy atom. The van der Waals surface area contributed by atoms with E-state index in [2.05, 4.69) is 10.4 Å². The van der Waals surface area contributed by atoms with Crippen molar-refractivity contribution >= 4 is 11.8 Å². The van der Waals surface area contributed by atoms with Crippen LogP contribution in [-0.2, 0) is 24.4 Å². The van der Waals surface area contributed by atoms with E-state index in [-0.39, 0.29) is 23.9 Å². The van der Waals surface area contributed by atoms with E-state index in [9.17, 15) is 14.0 Å². The fraction of sp³-hybridized carbons (Fsp3) is 0.421. The Labute approximate surface area is 157 Å². The van der Waals surface area contributed by atoms with Crippen molar-refractivity contribution in [3.8, 4) is 5.75 Å². The first-order valence-electron chi connectivity index (χ1n) is 8.85. The molecule has 0 saturated carbocycles. The van der Waals surface area contributed by atoms with E-state index in [0.29, 0.717) is 31.1 Å². The SMILES string of the molecule is COc1ccc(F)cc1C(=O)NCc1cc2n(n1)CCN(C(=O)C(C)C)C2. The predicted octanol–water partition coefficient (Wildman–Crippen LogP) is 1.96. The molecule has 1 aliphatic heterocycles. The molecule has 1 N–H and O–H groups in total. The van der Waals surface area contributed by atoms with Gasteiger partial charge in [0, 0.05) is 12.5 Å². The van der Waals surface area contributed by atoms with Crippen molar-refractivity contribution in [3.63, 3.8) is 0 Å². The third kappa shape index (κ3) is 4.10. The van der Waals surface area contributed by atoms with Crippen LogP contribution in [-0.4, -0.2) is 40.1 Å². The number of carbonyl (C=O) groups excluding carboxylic acids is 2. The highest BCUT2D eigenvalue weighted by Crippen LogP contribution is 2.20. The third-order valence-corrected chi connectivity index (χ3v) is 4.49. The summed E-state index contributed by atoms with van der Waals surface area (Å²) in [5, 5.41) is 7.21. The van der Waals surface area contributed by atoms with Crippen LogP contribution >= 0.6 is 0 Å². The lowest BCUT2D eigenvalue weighted by molar-refractivity contribution is -0.136. The molecule has 0 saturated heterocycles. The molecule has 3 rings (SSSR count). The van der Waals surface area contributed by atoms with Crippen LogP contribution in [0.5, 0.6) is 5.75 Å². The van der Waals surface area contributed by atoms with E-state index in [1.54, 1.807) is 0 Å². The van der Waals surface area contributed by atoms with E-state index < -0.39 is 11.7 Å². The number of fused-ring (bicyclic) bond motifs is 1. The molecular weight excluding hydrogens is 351 g/mol. The van der Waals surface area contributed by atoms with Crippen LogP contribution in [0.3, 0.4) is 0 Å². The minimum atomic E-state index is -0.506. The molecule has 7 nitrogen and oxygen atoms in total. The van der Waals surface area contributed by atoms with Crippen LogP contribution in [0.1, 0.15) is 35.6 Å². The van der Waals surface area contributed by atoms with Gasteiger partial charge in [-0.15, -0.1) is 0 Å². The fourth-order valence-corrected chi connectivity index (χ4v) is 3.09. The van der Waals surface area contributed by atoms with Gasteiger partial charge in [-0.25, -0.2) is 4.39 Å². The van der Waals surface area contributed by atoms with Crippen molar-refractivity contribution < 1.29 is 18.7 Å². The zero-order valence-electron chi connectivity index (χ0n) is 15.7. The third-order valence-electron chi connectivity index (χ3n) is 4.49. The number of rotatable bonds is 5. The summed E-state index contributed by atoms with van der Waals surface area (Å²) in [7, 11) is 1.43. The molecule has 0 aliphatic carbocycles. The van der Waals surface area contributed by atoms with Gasteiger partial charge in [0.2, 0.25) is 5.91 Å². The van der Waals surface area contributed by atoms with Crippen molar-refractivity contribution in [2.24, 2.45) is 5.92 Å². The summed E-state index contributed by atoms with van der Waals surface area (Å²) >= 11 is 0. The lowest BCUT2D eigenvalue weighted by Gasteiger charge is -2.29. The Hall–Kier alpha value is -2.90. The van der Waals surface area contributed by atoms with Crippen molar-refractivity contribution in [2.45, 2.75) is 33.5 Å². The first kappa shape index (κ1) is 18.9. The van der Waals surface area contributed by atoms with E-state index in [1.165, 1.54) is 19.2 Å². The Morgan fingerprint density at radius 1 is 1.30 bits per heavy atom. The Kier molecular flexibility index (Phi) is 5.43. The second kappa shape index (κ2) is 7.77. The molecule has 8 heteroatoms. The van der Waals surface area contributed by atoms with E-state index >= 15 is 0 Å². The minimum absolute atomic E-state index is 0.0421. The summed E-state index contributed by atoms with van der Waals surface area (Å²) in [5.41, 5.74) is 1.76. The van der Waals surface area contributed by atoms with Gasteiger partial charge in [-0.05, 0) is 24.3 Å². The molecule has 0 radical (unpaired) electrons. The van der Waals surface area contributed by atoms with E-state index in [0.717, 1.165) is 11.8 Å². The van der Waals surface area contributed by atoms with Gasteiger partial charge in [0.15, 0.2) is 0 Å². The number of aromatic nitrogens is 2. The number of methoxy groups -OCH3 is 1. The molecule has 2 amide bonds. The molecule has 1 aromatic carbocycles. The summed E-state index contributed by atoms with van der Waals surface area (Å²) in [6.45, 7) is 5.73. The molecule has 0 spiro atoms. The average molecular weight is 374 g/mol. The van der Waals surface area contributed by atoms with Crippen LogP contribution in [0.15, 0.2) is 24.3 Å². The zero-order chi connectivity index (χ0) is 19.6. The topological polar surface area (TPSA) is 76.5 Å². The quantitative estimate of drug-likeness (QED) is 0.868. The number of ether oxygens (including phenoxy) is 1. The molecule has 2 aromatic rings. The summed E-state index contributed by atoms with van der Waals surface area (Å²) in [5.74, 6) is -0.557. The number of benzene rings is 1. The van der Waals surface area contributed by atoms with Gasteiger partial charge in [-0.1, -0.05) is 13.8 Å². The smallest absolute Gasteiger partial charge is 0.255 e. The number of halogens is 1. The van der Waals surface area contributed by atoms with Gasteiger partial charge >= 0.3 is 0 Å².